The first-order valence-electron chi connectivity index (χ1n) is 6.75. The zero-order chi connectivity index (χ0) is 13.8. The van der Waals surface area contributed by atoms with Crippen LogP contribution in [0.1, 0.15) is 36.5 Å². The third kappa shape index (κ3) is 3.50. The molecule has 0 aliphatic carbocycles. The quantitative estimate of drug-likeness (QED) is 0.761. The van der Waals surface area contributed by atoms with Crippen molar-refractivity contribution in [2.75, 3.05) is 10.9 Å². The van der Waals surface area contributed by atoms with Crippen molar-refractivity contribution in [1.29, 1.82) is 0 Å². The van der Waals surface area contributed by atoms with Crippen molar-refractivity contribution < 1.29 is 0 Å². The molecular weight excluding hydrogens is 232 g/mol. The maximum Gasteiger partial charge on any atom is 0.0569 e. The average Bonchev–Trinajstić information content (AvgIpc) is 2.38. The SMILES string of the molecule is Cc1ccc(NNc2ccc(C(C)C)cc2)c(C)c1. The second kappa shape index (κ2) is 5.79. The zero-order valence-corrected chi connectivity index (χ0v) is 12.1. The van der Waals surface area contributed by atoms with E-state index in [9.17, 15) is 0 Å². The van der Waals surface area contributed by atoms with Crippen molar-refractivity contribution in [3.63, 3.8) is 0 Å². The largest absolute Gasteiger partial charge is 0.301 e. The van der Waals surface area contributed by atoms with Crippen LogP contribution >= 0.6 is 0 Å². The Hall–Kier alpha value is -1.96. The average molecular weight is 254 g/mol. The fourth-order valence-electron chi connectivity index (χ4n) is 2.04. The highest BCUT2D eigenvalue weighted by Gasteiger charge is 2.00. The highest BCUT2D eigenvalue weighted by atomic mass is 15.4. The molecule has 2 aromatic carbocycles. The number of hydrogen-bond acceptors (Lipinski definition) is 2. The first kappa shape index (κ1) is 13.5. The van der Waals surface area contributed by atoms with Crippen LogP contribution in [0.3, 0.4) is 0 Å². The summed E-state index contributed by atoms with van der Waals surface area (Å²) in [6.45, 7) is 8.63. The monoisotopic (exact) mass is 254 g/mol. The molecule has 2 rings (SSSR count). The van der Waals surface area contributed by atoms with Crippen molar-refractivity contribution in [3.05, 3.63) is 59.2 Å². The Balaban J connectivity index is 2.02. The van der Waals surface area contributed by atoms with Crippen molar-refractivity contribution in [2.45, 2.75) is 33.6 Å². The number of benzene rings is 2. The summed E-state index contributed by atoms with van der Waals surface area (Å²) in [6, 6.07) is 14.9. The Labute approximate surface area is 115 Å². The summed E-state index contributed by atoms with van der Waals surface area (Å²) >= 11 is 0. The molecular formula is C17H22N2. The molecule has 0 radical (unpaired) electrons. The Bertz CT molecular complexity index is 542. The lowest BCUT2D eigenvalue weighted by Crippen LogP contribution is -2.09. The summed E-state index contributed by atoms with van der Waals surface area (Å²) in [6.07, 6.45) is 0. The van der Waals surface area contributed by atoms with Gasteiger partial charge in [-0.15, -0.1) is 0 Å². The summed E-state index contributed by atoms with van der Waals surface area (Å²) in [5.74, 6) is 0.571. The molecule has 0 saturated carbocycles. The molecule has 0 fully saturated rings. The number of hydrogen-bond donors (Lipinski definition) is 2. The smallest absolute Gasteiger partial charge is 0.0569 e. The molecule has 2 heteroatoms. The summed E-state index contributed by atoms with van der Waals surface area (Å²) in [5.41, 5.74) is 12.6. The minimum absolute atomic E-state index is 0.571. The van der Waals surface area contributed by atoms with Crippen molar-refractivity contribution in [2.24, 2.45) is 0 Å². The first-order chi connectivity index (χ1) is 9.06. The fraction of sp³-hybridized carbons (Fsp3) is 0.294. The Morgan fingerprint density at radius 2 is 1.53 bits per heavy atom. The van der Waals surface area contributed by atoms with Gasteiger partial charge in [-0.3, -0.25) is 0 Å². The highest BCUT2D eigenvalue weighted by molar-refractivity contribution is 5.57. The maximum atomic E-state index is 3.26. The Kier molecular flexibility index (Phi) is 4.10. The van der Waals surface area contributed by atoms with E-state index >= 15 is 0 Å². The van der Waals surface area contributed by atoms with Gasteiger partial charge < -0.3 is 10.9 Å². The van der Waals surface area contributed by atoms with Gasteiger partial charge >= 0.3 is 0 Å². The van der Waals surface area contributed by atoms with Crippen LogP contribution in [0.5, 0.6) is 0 Å². The van der Waals surface area contributed by atoms with E-state index in [1.807, 2.05) is 0 Å². The van der Waals surface area contributed by atoms with E-state index < -0.39 is 0 Å². The van der Waals surface area contributed by atoms with Crippen LogP contribution in [0.4, 0.5) is 11.4 Å². The van der Waals surface area contributed by atoms with Crippen molar-refractivity contribution in [3.8, 4) is 0 Å². The van der Waals surface area contributed by atoms with Gasteiger partial charge in [0.15, 0.2) is 0 Å². The van der Waals surface area contributed by atoms with Crippen LogP contribution < -0.4 is 10.9 Å². The summed E-state index contributed by atoms with van der Waals surface area (Å²) in [4.78, 5) is 0. The molecule has 0 aliphatic heterocycles. The van der Waals surface area contributed by atoms with Crippen LogP contribution in [0.2, 0.25) is 0 Å². The van der Waals surface area contributed by atoms with E-state index in [0.29, 0.717) is 5.92 Å². The third-order valence-corrected chi connectivity index (χ3v) is 3.30. The highest BCUT2D eigenvalue weighted by Crippen LogP contribution is 2.19. The number of nitrogens with one attached hydrogen (secondary N) is 2. The van der Waals surface area contributed by atoms with Crippen LogP contribution in [0.25, 0.3) is 0 Å². The molecule has 0 aromatic heterocycles. The Morgan fingerprint density at radius 1 is 0.842 bits per heavy atom. The zero-order valence-electron chi connectivity index (χ0n) is 12.1. The summed E-state index contributed by atoms with van der Waals surface area (Å²) in [5, 5.41) is 0. The lowest BCUT2D eigenvalue weighted by Gasteiger charge is -2.13. The van der Waals surface area contributed by atoms with E-state index in [-0.39, 0.29) is 0 Å². The van der Waals surface area contributed by atoms with Gasteiger partial charge in [0.1, 0.15) is 0 Å². The summed E-state index contributed by atoms with van der Waals surface area (Å²) < 4.78 is 0. The van der Waals surface area contributed by atoms with Crippen LogP contribution in [0, 0.1) is 13.8 Å². The van der Waals surface area contributed by atoms with Crippen molar-refractivity contribution in [1.82, 2.24) is 0 Å². The molecule has 0 unspecified atom stereocenters. The van der Waals surface area contributed by atoms with Gasteiger partial charge in [0, 0.05) is 0 Å². The van der Waals surface area contributed by atoms with E-state index in [1.165, 1.54) is 16.7 Å². The molecule has 0 aliphatic rings. The molecule has 2 nitrogen and oxygen atoms in total. The molecule has 19 heavy (non-hydrogen) atoms. The van der Waals surface area contributed by atoms with Gasteiger partial charge in [0.2, 0.25) is 0 Å². The minimum Gasteiger partial charge on any atom is -0.301 e. The minimum atomic E-state index is 0.571. The lowest BCUT2D eigenvalue weighted by molar-refractivity contribution is 0.867. The number of aryl methyl sites for hydroxylation is 2. The van der Waals surface area contributed by atoms with E-state index in [1.54, 1.807) is 0 Å². The predicted octanol–water partition coefficient (Wildman–Crippen LogP) is 4.87. The first-order valence-corrected chi connectivity index (χ1v) is 6.75. The van der Waals surface area contributed by atoms with Crippen LogP contribution in [-0.4, -0.2) is 0 Å². The van der Waals surface area contributed by atoms with Gasteiger partial charge in [0.25, 0.3) is 0 Å². The maximum absolute atomic E-state index is 3.26. The third-order valence-electron chi connectivity index (χ3n) is 3.30. The van der Waals surface area contributed by atoms with Gasteiger partial charge in [-0.2, -0.15) is 0 Å². The summed E-state index contributed by atoms with van der Waals surface area (Å²) in [7, 11) is 0. The topological polar surface area (TPSA) is 24.1 Å². The van der Waals surface area contributed by atoms with E-state index in [2.05, 4.69) is 81.0 Å². The van der Waals surface area contributed by atoms with Gasteiger partial charge in [0.05, 0.1) is 11.4 Å². The van der Waals surface area contributed by atoms with E-state index in [0.717, 1.165) is 11.4 Å². The van der Waals surface area contributed by atoms with Crippen LogP contribution in [0.15, 0.2) is 42.5 Å². The molecule has 0 heterocycles. The molecule has 2 N–H and O–H groups in total. The number of anilines is 2. The molecule has 2 aromatic rings. The number of rotatable bonds is 4. The molecule has 100 valence electrons. The number of hydrazine groups is 1. The second-order valence-electron chi connectivity index (χ2n) is 5.35. The molecule has 0 saturated heterocycles. The lowest BCUT2D eigenvalue weighted by atomic mass is 10.0. The van der Waals surface area contributed by atoms with Crippen molar-refractivity contribution >= 4 is 11.4 Å². The standard InChI is InChI=1S/C17H22N2/c1-12(2)15-6-8-16(9-7-15)18-19-17-10-5-13(3)11-14(17)4/h5-12,18-19H,1-4H3. The molecule has 0 amide bonds. The fourth-order valence-corrected chi connectivity index (χ4v) is 2.04. The predicted molar refractivity (Wildman–Crippen MR) is 83.7 cm³/mol. The van der Waals surface area contributed by atoms with Gasteiger partial charge in [-0.05, 0) is 49.1 Å². The second-order valence-corrected chi connectivity index (χ2v) is 5.35. The molecule has 0 bridgehead atoms. The van der Waals surface area contributed by atoms with E-state index in [4.69, 9.17) is 0 Å². The normalized spacial score (nSPS) is 10.6. The Morgan fingerprint density at radius 3 is 2.11 bits per heavy atom. The molecule has 0 spiro atoms. The van der Waals surface area contributed by atoms with Crippen LogP contribution in [-0.2, 0) is 0 Å². The van der Waals surface area contributed by atoms with Gasteiger partial charge in [-0.25, -0.2) is 0 Å². The van der Waals surface area contributed by atoms with Gasteiger partial charge in [-0.1, -0.05) is 43.7 Å². The molecule has 0 atom stereocenters.